The zero-order valence-electron chi connectivity index (χ0n) is 35.4. The van der Waals surface area contributed by atoms with Crippen molar-refractivity contribution < 1.29 is 61.6 Å². The number of unbranched alkanes of at least 4 members (excludes halogenated alkanes) is 13. The largest absolute Gasteiger partial charge is 0.463 e. The molecule has 0 aliphatic carbocycles. The summed E-state index contributed by atoms with van der Waals surface area (Å²) in [4.78, 5) is 11.8. The van der Waals surface area contributed by atoms with Crippen LogP contribution < -0.4 is 0 Å². The van der Waals surface area contributed by atoms with Crippen LogP contribution in [0.15, 0.2) is 0 Å². The number of ether oxygens (including phenoxy) is 12. The van der Waals surface area contributed by atoms with Crippen LogP contribution in [0.3, 0.4) is 0 Å². The number of hydrogen-bond acceptors (Lipinski definition) is 13. The summed E-state index contributed by atoms with van der Waals surface area (Å²) in [5, 5.41) is 0. The first-order valence-corrected chi connectivity index (χ1v) is 21.8. The first kappa shape index (κ1) is 54.0. The molecule has 0 saturated carbocycles. The molecular formula is C42H84O13. The molecule has 13 heteroatoms. The maximum absolute atomic E-state index is 11.8. The quantitative estimate of drug-likeness (QED) is 0.0464. The molecule has 55 heavy (non-hydrogen) atoms. The minimum Gasteiger partial charge on any atom is -0.463 e. The van der Waals surface area contributed by atoms with Gasteiger partial charge in [-0.15, -0.1) is 0 Å². The number of carbonyl (C=O) groups is 1. The number of esters is 1. The lowest BCUT2D eigenvalue weighted by Gasteiger charge is -2.09. The van der Waals surface area contributed by atoms with Crippen LogP contribution in [0.2, 0.25) is 0 Å². The van der Waals surface area contributed by atoms with Crippen LogP contribution in [-0.2, 0) is 61.6 Å². The van der Waals surface area contributed by atoms with Gasteiger partial charge in [-0.05, 0) is 12.8 Å². The van der Waals surface area contributed by atoms with E-state index in [2.05, 4.69) is 13.8 Å². The molecule has 0 atom stereocenters. The van der Waals surface area contributed by atoms with Gasteiger partial charge in [0, 0.05) is 13.0 Å². The van der Waals surface area contributed by atoms with Crippen molar-refractivity contribution >= 4 is 5.97 Å². The van der Waals surface area contributed by atoms with E-state index in [0.29, 0.717) is 145 Å². The molecule has 13 nitrogen and oxygen atoms in total. The molecule has 0 heterocycles. The predicted octanol–water partition coefficient (Wildman–Crippen LogP) is 6.99. The molecule has 0 spiro atoms. The van der Waals surface area contributed by atoms with Crippen LogP contribution in [0.5, 0.6) is 0 Å². The second-order valence-corrected chi connectivity index (χ2v) is 13.3. The number of rotatable bonds is 50. The van der Waals surface area contributed by atoms with Gasteiger partial charge in [0.2, 0.25) is 0 Å². The number of carbonyl (C=O) groups excluding carboxylic acids is 1. The van der Waals surface area contributed by atoms with Crippen molar-refractivity contribution in [3.63, 3.8) is 0 Å². The first-order chi connectivity index (χ1) is 27.3. The Labute approximate surface area is 335 Å². The van der Waals surface area contributed by atoms with Crippen molar-refractivity contribution in [2.24, 2.45) is 0 Å². The molecule has 0 unspecified atom stereocenters. The minimum atomic E-state index is -0.135. The highest BCUT2D eigenvalue weighted by Gasteiger charge is 2.03. The maximum atomic E-state index is 11.8. The third-order valence-electron chi connectivity index (χ3n) is 8.34. The van der Waals surface area contributed by atoms with Crippen LogP contribution >= 0.6 is 0 Å². The summed E-state index contributed by atoms with van der Waals surface area (Å²) >= 11 is 0. The Hall–Kier alpha value is -0.970. The lowest BCUT2D eigenvalue weighted by Crippen LogP contribution is -2.15. The summed E-state index contributed by atoms with van der Waals surface area (Å²) in [5.41, 5.74) is 0. The highest BCUT2D eigenvalue weighted by atomic mass is 16.6. The smallest absolute Gasteiger partial charge is 0.305 e. The van der Waals surface area contributed by atoms with E-state index in [9.17, 15) is 4.79 Å². The van der Waals surface area contributed by atoms with Gasteiger partial charge < -0.3 is 56.8 Å². The van der Waals surface area contributed by atoms with Gasteiger partial charge in [-0.25, -0.2) is 0 Å². The predicted molar refractivity (Wildman–Crippen MR) is 215 cm³/mol. The van der Waals surface area contributed by atoms with Crippen LogP contribution in [0.25, 0.3) is 0 Å². The highest BCUT2D eigenvalue weighted by Crippen LogP contribution is 2.11. The molecule has 0 aliphatic rings. The van der Waals surface area contributed by atoms with Crippen molar-refractivity contribution in [3.8, 4) is 0 Å². The van der Waals surface area contributed by atoms with E-state index in [-0.39, 0.29) is 12.6 Å². The summed E-state index contributed by atoms with van der Waals surface area (Å²) in [5.74, 6) is -0.135. The van der Waals surface area contributed by atoms with E-state index < -0.39 is 0 Å². The summed E-state index contributed by atoms with van der Waals surface area (Å²) < 4.78 is 65.8. The van der Waals surface area contributed by atoms with Crippen molar-refractivity contribution in [1.29, 1.82) is 0 Å². The molecule has 0 aromatic rings. The second-order valence-electron chi connectivity index (χ2n) is 13.3. The number of hydrogen-bond donors (Lipinski definition) is 0. The van der Waals surface area contributed by atoms with Gasteiger partial charge in [-0.1, -0.05) is 97.3 Å². The summed E-state index contributed by atoms with van der Waals surface area (Å²) in [7, 11) is 0. The van der Waals surface area contributed by atoms with Crippen molar-refractivity contribution in [1.82, 2.24) is 0 Å². The van der Waals surface area contributed by atoms with Gasteiger partial charge in [0.15, 0.2) is 0 Å². The molecule has 330 valence electrons. The minimum absolute atomic E-state index is 0.135. The van der Waals surface area contributed by atoms with E-state index in [1.807, 2.05) is 0 Å². The van der Waals surface area contributed by atoms with E-state index in [0.717, 1.165) is 25.9 Å². The van der Waals surface area contributed by atoms with Crippen molar-refractivity contribution in [2.75, 3.05) is 152 Å². The Morgan fingerprint density at radius 1 is 0.255 bits per heavy atom. The average molecular weight is 797 g/mol. The first-order valence-electron chi connectivity index (χ1n) is 21.8. The SMILES string of the molecule is CCCCCCCCCCCC(=O)OCCOCCOCCOCCOCCOCCOCCOCCOCCOCCOCCOCCCCCCCC. The summed E-state index contributed by atoms with van der Waals surface area (Å²) in [6, 6.07) is 0. The normalized spacial score (nSPS) is 11.5. The lowest BCUT2D eigenvalue weighted by molar-refractivity contribution is -0.145. The van der Waals surface area contributed by atoms with Crippen molar-refractivity contribution in [2.45, 2.75) is 117 Å². The molecule has 0 bridgehead atoms. The average Bonchev–Trinajstić information content (AvgIpc) is 3.19. The third kappa shape index (κ3) is 51.0. The standard InChI is InChI=1S/C42H84O13/c1-3-5-7-9-11-12-13-14-16-18-42(43)55-41-40-54-39-38-53-37-36-52-35-34-51-33-32-50-31-30-49-29-28-48-27-26-47-25-24-46-23-22-45-21-20-44-19-17-15-10-8-6-4-2/h3-41H2,1-2H3. The lowest BCUT2D eigenvalue weighted by atomic mass is 10.1. The molecule has 0 N–H and O–H groups in total. The fourth-order valence-corrected chi connectivity index (χ4v) is 5.15. The third-order valence-corrected chi connectivity index (χ3v) is 8.34. The van der Waals surface area contributed by atoms with Gasteiger partial charge in [0.1, 0.15) is 6.61 Å². The fraction of sp³-hybridized carbons (Fsp3) is 0.976. The van der Waals surface area contributed by atoms with E-state index in [1.54, 1.807) is 0 Å². The van der Waals surface area contributed by atoms with E-state index in [4.69, 9.17) is 56.8 Å². The van der Waals surface area contributed by atoms with Crippen molar-refractivity contribution in [3.05, 3.63) is 0 Å². The maximum Gasteiger partial charge on any atom is 0.305 e. The zero-order valence-corrected chi connectivity index (χ0v) is 35.4. The van der Waals surface area contributed by atoms with Gasteiger partial charge in [0.05, 0.1) is 139 Å². The molecule has 0 rings (SSSR count). The highest BCUT2D eigenvalue weighted by molar-refractivity contribution is 5.69. The Balaban J connectivity index is 3.10. The second kappa shape index (κ2) is 51.0. The molecule has 0 radical (unpaired) electrons. The van der Waals surface area contributed by atoms with Crippen LogP contribution in [0.1, 0.15) is 117 Å². The summed E-state index contributed by atoms with van der Waals surface area (Å²) in [6.07, 6.45) is 19.3. The van der Waals surface area contributed by atoms with E-state index in [1.165, 1.54) is 77.0 Å². The molecule has 0 aliphatic heterocycles. The van der Waals surface area contributed by atoms with Gasteiger partial charge >= 0.3 is 5.97 Å². The van der Waals surface area contributed by atoms with E-state index >= 15 is 0 Å². The zero-order chi connectivity index (χ0) is 39.6. The van der Waals surface area contributed by atoms with Crippen LogP contribution in [0.4, 0.5) is 0 Å². The Morgan fingerprint density at radius 2 is 0.473 bits per heavy atom. The molecule has 0 aromatic carbocycles. The Kier molecular flexibility index (Phi) is 50.1. The van der Waals surface area contributed by atoms with Gasteiger partial charge in [-0.2, -0.15) is 0 Å². The topological polar surface area (TPSA) is 128 Å². The molecule has 0 fully saturated rings. The molecule has 0 saturated heterocycles. The Bertz CT molecular complexity index is 704. The van der Waals surface area contributed by atoms with Crippen LogP contribution in [-0.4, -0.2) is 158 Å². The summed E-state index contributed by atoms with van der Waals surface area (Å²) in [6.45, 7) is 16.4. The fourth-order valence-electron chi connectivity index (χ4n) is 5.15. The monoisotopic (exact) mass is 797 g/mol. The Morgan fingerprint density at radius 3 is 0.764 bits per heavy atom. The molecule has 0 amide bonds. The molecular weight excluding hydrogens is 712 g/mol. The molecule has 0 aromatic heterocycles. The van der Waals surface area contributed by atoms with Gasteiger partial charge in [-0.3, -0.25) is 4.79 Å². The van der Waals surface area contributed by atoms with Crippen LogP contribution in [0, 0.1) is 0 Å². The van der Waals surface area contributed by atoms with Gasteiger partial charge in [0.25, 0.3) is 0 Å².